The lowest BCUT2D eigenvalue weighted by molar-refractivity contribution is -0.143. The lowest BCUT2D eigenvalue weighted by Crippen LogP contribution is -2.42. The monoisotopic (exact) mass is 370 g/mol. The molecule has 1 aromatic rings. The molecule has 1 saturated heterocycles. The zero-order valence-corrected chi connectivity index (χ0v) is 12.5. The van der Waals surface area contributed by atoms with Gasteiger partial charge in [-0.05, 0) is 15.9 Å². The standard InChI is InChI=1S/C11H14BrF3N4O2/c12-9-8(17-4-7-3-16-1-2-21-7)5-18-19(10(9)20)6-11(13,14)15/h5,7,16-17H,1-4,6H2. The Balaban J connectivity index is 2.04. The molecule has 0 spiro atoms. The van der Waals surface area contributed by atoms with Crippen molar-refractivity contribution in [2.75, 3.05) is 31.6 Å². The normalized spacial score (nSPS) is 19.5. The maximum atomic E-state index is 12.3. The van der Waals surface area contributed by atoms with Crippen molar-refractivity contribution in [2.45, 2.75) is 18.8 Å². The van der Waals surface area contributed by atoms with E-state index in [1.54, 1.807) is 0 Å². The highest BCUT2D eigenvalue weighted by Gasteiger charge is 2.29. The van der Waals surface area contributed by atoms with Gasteiger partial charge in [-0.15, -0.1) is 0 Å². The van der Waals surface area contributed by atoms with Crippen LogP contribution in [0.25, 0.3) is 0 Å². The number of hydrogen-bond donors (Lipinski definition) is 2. The first-order valence-electron chi connectivity index (χ1n) is 6.25. The topological polar surface area (TPSA) is 68.2 Å². The Morgan fingerprint density at radius 2 is 2.33 bits per heavy atom. The molecule has 0 radical (unpaired) electrons. The number of anilines is 1. The average molecular weight is 371 g/mol. The molecule has 2 rings (SSSR count). The highest BCUT2D eigenvalue weighted by Crippen LogP contribution is 2.19. The Morgan fingerprint density at radius 1 is 1.57 bits per heavy atom. The fourth-order valence-electron chi connectivity index (χ4n) is 1.85. The second-order valence-corrected chi connectivity index (χ2v) is 5.32. The van der Waals surface area contributed by atoms with Gasteiger partial charge in [0.15, 0.2) is 0 Å². The quantitative estimate of drug-likeness (QED) is 0.826. The van der Waals surface area contributed by atoms with Crippen LogP contribution in [0.3, 0.4) is 0 Å². The third-order valence-corrected chi connectivity index (χ3v) is 3.60. The molecule has 1 aliphatic heterocycles. The van der Waals surface area contributed by atoms with Crippen molar-refractivity contribution in [1.29, 1.82) is 0 Å². The van der Waals surface area contributed by atoms with Crippen LogP contribution in [0.15, 0.2) is 15.5 Å². The molecule has 2 heterocycles. The molecular formula is C11H14BrF3N4O2. The fourth-order valence-corrected chi connectivity index (χ4v) is 2.29. The molecule has 0 aromatic carbocycles. The highest BCUT2D eigenvalue weighted by atomic mass is 79.9. The predicted molar refractivity (Wildman–Crippen MR) is 73.4 cm³/mol. The van der Waals surface area contributed by atoms with E-state index in [-0.39, 0.29) is 10.6 Å². The summed E-state index contributed by atoms with van der Waals surface area (Å²) in [6.07, 6.45) is -3.37. The van der Waals surface area contributed by atoms with Crippen molar-refractivity contribution in [3.05, 3.63) is 21.0 Å². The van der Waals surface area contributed by atoms with Crippen LogP contribution in [0, 0.1) is 0 Å². The molecule has 1 unspecified atom stereocenters. The molecule has 1 atom stereocenters. The first-order valence-corrected chi connectivity index (χ1v) is 7.04. The lowest BCUT2D eigenvalue weighted by Gasteiger charge is -2.24. The number of aromatic nitrogens is 2. The van der Waals surface area contributed by atoms with Gasteiger partial charge in [0.05, 0.1) is 24.6 Å². The Morgan fingerprint density at radius 3 is 2.95 bits per heavy atom. The number of hydrogen-bond acceptors (Lipinski definition) is 5. The first-order chi connectivity index (χ1) is 9.87. The van der Waals surface area contributed by atoms with E-state index in [2.05, 4.69) is 31.7 Å². The van der Waals surface area contributed by atoms with Crippen molar-refractivity contribution in [3.63, 3.8) is 0 Å². The minimum Gasteiger partial charge on any atom is -0.380 e. The van der Waals surface area contributed by atoms with Crippen molar-refractivity contribution in [3.8, 4) is 0 Å². The smallest absolute Gasteiger partial charge is 0.380 e. The first kappa shape index (κ1) is 16.2. The van der Waals surface area contributed by atoms with E-state index in [4.69, 9.17) is 4.74 Å². The van der Waals surface area contributed by atoms with Crippen LogP contribution >= 0.6 is 15.9 Å². The van der Waals surface area contributed by atoms with E-state index >= 15 is 0 Å². The summed E-state index contributed by atoms with van der Waals surface area (Å²) in [5, 5.41) is 9.62. The second kappa shape index (κ2) is 6.75. The molecule has 1 aromatic heterocycles. The summed E-state index contributed by atoms with van der Waals surface area (Å²) in [6.45, 7) is 1.06. The van der Waals surface area contributed by atoms with Crippen LogP contribution in [0.5, 0.6) is 0 Å². The van der Waals surface area contributed by atoms with Crippen LogP contribution < -0.4 is 16.2 Å². The molecule has 1 fully saturated rings. The Labute approximate surface area is 126 Å². The van der Waals surface area contributed by atoms with Crippen LogP contribution in [-0.4, -0.2) is 48.3 Å². The molecule has 0 amide bonds. The van der Waals surface area contributed by atoms with Gasteiger partial charge >= 0.3 is 6.18 Å². The number of rotatable bonds is 4. The van der Waals surface area contributed by atoms with Crippen molar-refractivity contribution in [2.24, 2.45) is 0 Å². The van der Waals surface area contributed by atoms with E-state index < -0.39 is 18.3 Å². The summed E-state index contributed by atoms with van der Waals surface area (Å²) in [6, 6.07) is 0. The van der Waals surface area contributed by atoms with Gasteiger partial charge in [-0.3, -0.25) is 4.79 Å². The van der Waals surface area contributed by atoms with E-state index in [1.807, 2.05) is 0 Å². The number of ether oxygens (including phenoxy) is 1. The van der Waals surface area contributed by atoms with Gasteiger partial charge in [-0.1, -0.05) is 0 Å². The van der Waals surface area contributed by atoms with Gasteiger partial charge in [0, 0.05) is 19.6 Å². The number of nitrogens with one attached hydrogen (secondary N) is 2. The van der Waals surface area contributed by atoms with E-state index in [9.17, 15) is 18.0 Å². The Hall–Kier alpha value is -1.13. The maximum Gasteiger partial charge on any atom is 0.408 e. The third kappa shape index (κ3) is 4.68. The van der Waals surface area contributed by atoms with Crippen LogP contribution in [0.4, 0.5) is 18.9 Å². The molecule has 21 heavy (non-hydrogen) atoms. The van der Waals surface area contributed by atoms with Gasteiger partial charge in [-0.25, -0.2) is 4.68 Å². The fraction of sp³-hybridized carbons (Fsp3) is 0.636. The van der Waals surface area contributed by atoms with E-state index in [0.29, 0.717) is 30.1 Å². The molecule has 10 heteroatoms. The minimum atomic E-state index is -4.49. The largest absolute Gasteiger partial charge is 0.408 e. The average Bonchev–Trinajstić information content (AvgIpc) is 2.43. The molecule has 0 bridgehead atoms. The van der Waals surface area contributed by atoms with Crippen molar-refractivity contribution in [1.82, 2.24) is 15.1 Å². The highest BCUT2D eigenvalue weighted by molar-refractivity contribution is 9.10. The molecule has 118 valence electrons. The summed E-state index contributed by atoms with van der Waals surface area (Å²) in [4.78, 5) is 11.8. The summed E-state index contributed by atoms with van der Waals surface area (Å²) < 4.78 is 42.7. The summed E-state index contributed by atoms with van der Waals surface area (Å²) in [5.74, 6) is 0. The molecule has 1 aliphatic rings. The van der Waals surface area contributed by atoms with Crippen LogP contribution in [0.1, 0.15) is 0 Å². The van der Waals surface area contributed by atoms with Gasteiger partial charge in [-0.2, -0.15) is 18.3 Å². The molecular weight excluding hydrogens is 357 g/mol. The van der Waals surface area contributed by atoms with E-state index in [1.165, 1.54) is 6.20 Å². The summed E-state index contributed by atoms with van der Waals surface area (Å²) in [5.41, 5.74) is -0.493. The maximum absolute atomic E-state index is 12.3. The SMILES string of the molecule is O=c1c(Br)c(NCC2CNCCO2)cnn1CC(F)(F)F. The van der Waals surface area contributed by atoms with Gasteiger partial charge in [0.25, 0.3) is 5.56 Å². The third-order valence-electron chi connectivity index (χ3n) is 2.84. The van der Waals surface area contributed by atoms with E-state index in [0.717, 1.165) is 6.54 Å². The molecule has 2 N–H and O–H groups in total. The minimum absolute atomic E-state index is 0.0190. The lowest BCUT2D eigenvalue weighted by atomic mass is 10.3. The van der Waals surface area contributed by atoms with Gasteiger partial charge in [0.1, 0.15) is 11.0 Å². The van der Waals surface area contributed by atoms with Gasteiger partial charge in [0.2, 0.25) is 0 Å². The van der Waals surface area contributed by atoms with Crippen molar-refractivity contribution >= 4 is 21.6 Å². The van der Waals surface area contributed by atoms with Crippen molar-refractivity contribution < 1.29 is 17.9 Å². The number of alkyl halides is 3. The Kier molecular flexibility index (Phi) is 5.22. The predicted octanol–water partition coefficient (Wildman–Crippen LogP) is 0.968. The van der Waals surface area contributed by atoms with Crippen LogP contribution in [-0.2, 0) is 11.3 Å². The van der Waals surface area contributed by atoms with Gasteiger partial charge < -0.3 is 15.4 Å². The zero-order chi connectivity index (χ0) is 15.5. The molecule has 6 nitrogen and oxygen atoms in total. The number of nitrogens with zero attached hydrogens (tertiary/aromatic N) is 2. The summed E-state index contributed by atoms with van der Waals surface area (Å²) in [7, 11) is 0. The van der Waals surface area contributed by atoms with Crippen LogP contribution in [0.2, 0.25) is 0 Å². The molecule has 0 saturated carbocycles. The zero-order valence-electron chi connectivity index (χ0n) is 10.9. The molecule has 0 aliphatic carbocycles. The number of halogens is 4. The number of morpholine rings is 1. The second-order valence-electron chi connectivity index (χ2n) is 4.53. The summed E-state index contributed by atoms with van der Waals surface area (Å²) >= 11 is 3.00. The Bertz CT molecular complexity index is 543.